The van der Waals surface area contributed by atoms with E-state index in [0.29, 0.717) is 39.1 Å². The summed E-state index contributed by atoms with van der Waals surface area (Å²) in [5, 5.41) is 0. The maximum absolute atomic E-state index is 12.8. The lowest BCUT2D eigenvalue weighted by molar-refractivity contribution is -0.137. The minimum absolute atomic E-state index is 0.0368. The number of hydrogen-bond acceptors (Lipinski definition) is 4. The summed E-state index contributed by atoms with van der Waals surface area (Å²) >= 11 is 0. The SMILES string of the molecule is CCN(C)S(=O)(=O)N1CCCN(C(=O)C2CCCCN2C)CC1. The highest BCUT2D eigenvalue weighted by Gasteiger charge is 2.33. The number of nitrogens with zero attached hydrogens (tertiary/aromatic N) is 4. The van der Waals surface area contributed by atoms with Crippen molar-refractivity contribution in [1.29, 1.82) is 0 Å². The van der Waals surface area contributed by atoms with Crippen LogP contribution < -0.4 is 0 Å². The zero-order valence-corrected chi connectivity index (χ0v) is 15.4. The van der Waals surface area contributed by atoms with Crippen molar-refractivity contribution in [2.24, 2.45) is 0 Å². The van der Waals surface area contributed by atoms with Crippen molar-refractivity contribution in [2.45, 2.75) is 38.6 Å². The summed E-state index contributed by atoms with van der Waals surface area (Å²) in [7, 11) is 0.202. The Morgan fingerprint density at radius 1 is 1.09 bits per heavy atom. The van der Waals surface area contributed by atoms with Crippen molar-refractivity contribution >= 4 is 16.1 Å². The predicted octanol–water partition coefficient (Wildman–Crippen LogP) is 0.202. The highest BCUT2D eigenvalue weighted by Crippen LogP contribution is 2.19. The van der Waals surface area contributed by atoms with Gasteiger partial charge in [-0.2, -0.15) is 17.0 Å². The summed E-state index contributed by atoms with van der Waals surface area (Å²) in [6.45, 7) is 5.24. The van der Waals surface area contributed by atoms with Crippen molar-refractivity contribution in [1.82, 2.24) is 18.4 Å². The zero-order chi connectivity index (χ0) is 17.0. The lowest BCUT2D eigenvalue weighted by atomic mass is 10.0. The van der Waals surface area contributed by atoms with Gasteiger partial charge in [-0.25, -0.2) is 0 Å². The third kappa shape index (κ3) is 4.23. The molecule has 1 unspecified atom stereocenters. The van der Waals surface area contributed by atoms with Gasteiger partial charge in [0.1, 0.15) is 0 Å². The van der Waals surface area contributed by atoms with Crippen LogP contribution in [0.25, 0.3) is 0 Å². The first-order chi connectivity index (χ1) is 10.9. The third-order valence-corrected chi connectivity index (χ3v) is 7.05. The van der Waals surface area contributed by atoms with Crippen LogP contribution in [0.3, 0.4) is 0 Å². The Kier molecular flexibility index (Phi) is 6.41. The second-order valence-corrected chi connectivity index (χ2v) is 8.53. The lowest BCUT2D eigenvalue weighted by Gasteiger charge is -2.35. The zero-order valence-electron chi connectivity index (χ0n) is 14.6. The van der Waals surface area contributed by atoms with Crippen LogP contribution in [0, 0.1) is 0 Å². The van der Waals surface area contributed by atoms with Crippen LogP contribution in [0.5, 0.6) is 0 Å². The molecule has 0 aromatic heterocycles. The number of likely N-dealkylation sites (tertiary alicyclic amines) is 1. The smallest absolute Gasteiger partial charge is 0.281 e. The molecule has 0 aromatic carbocycles. The summed E-state index contributed by atoms with van der Waals surface area (Å²) < 4.78 is 27.7. The Balaban J connectivity index is 1.99. The number of rotatable bonds is 4. The lowest BCUT2D eigenvalue weighted by Crippen LogP contribution is -2.50. The molecule has 2 rings (SSSR count). The third-order valence-electron chi connectivity index (χ3n) is 4.99. The van der Waals surface area contributed by atoms with E-state index in [2.05, 4.69) is 4.90 Å². The van der Waals surface area contributed by atoms with Gasteiger partial charge in [-0.1, -0.05) is 13.3 Å². The van der Waals surface area contributed by atoms with Gasteiger partial charge in [0, 0.05) is 39.8 Å². The van der Waals surface area contributed by atoms with Crippen molar-refractivity contribution in [2.75, 3.05) is 53.4 Å². The Bertz CT molecular complexity index is 511. The summed E-state index contributed by atoms with van der Waals surface area (Å²) in [4.78, 5) is 16.8. The average molecular weight is 346 g/mol. The fourth-order valence-corrected chi connectivity index (χ4v) is 4.70. The summed E-state index contributed by atoms with van der Waals surface area (Å²) in [5.74, 6) is 0.162. The van der Waals surface area contributed by atoms with Crippen LogP contribution in [0.15, 0.2) is 0 Å². The largest absolute Gasteiger partial charge is 0.340 e. The molecular formula is C15H30N4O3S. The summed E-state index contributed by atoms with van der Waals surface area (Å²) in [5.41, 5.74) is 0. The van der Waals surface area contributed by atoms with E-state index in [4.69, 9.17) is 0 Å². The van der Waals surface area contributed by atoms with Crippen LogP contribution in [-0.4, -0.2) is 92.1 Å². The summed E-state index contributed by atoms with van der Waals surface area (Å²) in [6, 6.07) is -0.0368. The molecule has 2 aliphatic rings. The predicted molar refractivity (Wildman–Crippen MR) is 90.3 cm³/mol. The molecular weight excluding hydrogens is 316 g/mol. The molecule has 1 atom stereocenters. The monoisotopic (exact) mass is 346 g/mol. The second kappa shape index (κ2) is 7.92. The molecule has 0 spiro atoms. The standard InChI is InChI=1S/C15H30N4O3S/c1-4-17(3)23(21,22)19-11-7-10-18(12-13-19)15(20)14-8-5-6-9-16(14)2/h14H,4-13H2,1-3H3. The number of likely N-dealkylation sites (N-methyl/N-ethyl adjacent to an activating group) is 1. The molecule has 7 nitrogen and oxygen atoms in total. The summed E-state index contributed by atoms with van der Waals surface area (Å²) in [6.07, 6.45) is 3.84. The van der Waals surface area contributed by atoms with Gasteiger partial charge >= 0.3 is 0 Å². The molecule has 2 heterocycles. The normalized spacial score (nSPS) is 25.6. The molecule has 0 aromatic rings. The number of amides is 1. The Morgan fingerprint density at radius 2 is 1.83 bits per heavy atom. The first kappa shape index (κ1) is 18.6. The molecule has 0 saturated carbocycles. The van der Waals surface area contributed by atoms with Gasteiger partial charge in [0.25, 0.3) is 10.2 Å². The average Bonchev–Trinajstić information content (AvgIpc) is 2.80. The molecule has 0 aliphatic carbocycles. The highest BCUT2D eigenvalue weighted by molar-refractivity contribution is 7.86. The first-order valence-electron chi connectivity index (χ1n) is 8.58. The van der Waals surface area contributed by atoms with Gasteiger partial charge in [0.05, 0.1) is 6.04 Å². The fraction of sp³-hybridized carbons (Fsp3) is 0.933. The molecule has 0 radical (unpaired) electrons. The van der Waals surface area contributed by atoms with Crippen LogP contribution >= 0.6 is 0 Å². The number of carbonyl (C=O) groups is 1. The Labute approximate surface area is 140 Å². The highest BCUT2D eigenvalue weighted by atomic mass is 32.2. The molecule has 2 aliphatic heterocycles. The van der Waals surface area contributed by atoms with E-state index in [-0.39, 0.29) is 11.9 Å². The van der Waals surface area contributed by atoms with Crippen LogP contribution in [-0.2, 0) is 15.0 Å². The van der Waals surface area contributed by atoms with Crippen molar-refractivity contribution in [3.63, 3.8) is 0 Å². The van der Waals surface area contributed by atoms with Crippen LogP contribution in [0.4, 0.5) is 0 Å². The van der Waals surface area contributed by atoms with Gasteiger partial charge in [-0.05, 0) is 32.9 Å². The molecule has 134 valence electrons. The van der Waals surface area contributed by atoms with E-state index in [1.165, 1.54) is 8.61 Å². The minimum Gasteiger partial charge on any atom is -0.340 e. The molecule has 1 amide bonds. The van der Waals surface area contributed by atoms with Crippen molar-refractivity contribution < 1.29 is 13.2 Å². The van der Waals surface area contributed by atoms with Gasteiger partial charge in [0.2, 0.25) is 5.91 Å². The molecule has 8 heteroatoms. The van der Waals surface area contributed by atoms with E-state index in [9.17, 15) is 13.2 Å². The van der Waals surface area contributed by atoms with E-state index < -0.39 is 10.2 Å². The Morgan fingerprint density at radius 3 is 2.48 bits per heavy atom. The van der Waals surface area contributed by atoms with Crippen molar-refractivity contribution in [3.8, 4) is 0 Å². The van der Waals surface area contributed by atoms with Gasteiger partial charge in [-0.3, -0.25) is 9.69 Å². The Hall–Kier alpha value is -0.700. The molecule has 0 N–H and O–H groups in total. The van der Waals surface area contributed by atoms with Gasteiger partial charge in [-0.15, -0.1) is 0 Å². The van der Waals surface area contributed by atoms with Gasteiger partial charge < -0.3 is 4.90 Å². The van der Waals surface area contributed by atoms with E-state index in [1.807, 2.05) is 18.9 Å². The van der Waals surface area contributed by atoms with Crippen LogP contribution in [0.2, 0.25) is 0 Å². The van der Waals surface area contributed by atoms with E-state index in [0.717, 1.165) is 25.8 Å². The molecule has 0 bridgehead atoms. The molecule has 23 heavy (non-hydrogen) atoms. The number of hydrogen-bond donors (Lipinski definition) is 0. The first-order valence-corrected chi connectivity index (χ1v) is 9.98. The quantitative estimate of drug-likeness (QED) is 0.730. The number of piperidine rings is 1. The fourth-order valence-electron chi connectivity index (χ4n) is 3.30. The van der Waals surface area contributed by atoms with E-state index >= 15 is 0 Å². The topological polar surface area (TPSA) is 64.2 Å². The minimum atomic E-state index is -3.40. The number of carbonyl (C=O) groups excluding carboxylic acids is 1. The molecule has 2 fully saturated rings. The van der Waals surface area contributed by atoms with E-state index in [1.54, 1.807) is 7.05 Å². The maximum Gasteiger partial charge on any atom is 0.281 e. The van der Waals surface area contributed by atoms with Crippen molar-refractivity contribution in [3.05, 3.63) is 0 Å². The second-order valence-electron chi connectivity index (χ2n) is 6.49. The van der Waals surface area contributed by atoms with Crippen LogP contribution in [0.1, 0.15) is 32.6 Å². The molecule has 2 saturated heterocycles. The van der Waals surface area contributed by atoms with Gasteiger partial charge in [0.15, 0.2) is 0 Å². The maximum atomic E-state index is 12.8.